The van der Waals surface area contributed by atoms with E-state index in [9.17, 15) is 27.9 Å². The Morgan fingerprint density at radius 3 is 2.36 bits per heavy atom. The molecule has 0 fully saturated rings. The number of aryl methyl sites for hydroxylation is 1. The number of amides is 1. The highest BCUT2D eigenvalue weighted by Gasteiger charge is 2.35. The van der Waals surface area contributed by atoms with Gasteiger partial charge >= 0.3 is 12.1 Å². The smallest absolute Gasteiger partial charge is 0.449 e. The Kier molecular flexibility index (Phi) is 7.36. The van der Waals surface area contributed by atoms with Crippen molar-refractivity contribution in [3.8, 4) is 11.1 Å². The molecule has 216 valence electrons. The van der Waals surface area contributed by atoms with Crippen molar-refractivity contribution >= 4 is 17.5 Å². The lowest BCUT2D eigenvalue weighted by molar-refractivity contribution is -0.153. The van der Waals surface area contributed by atoms with E-state index in [0.29, 0.717) is 16.8 Å². The zero-order chi connectivity index (χ0) is 30.2. The van der Waals surface area contributed by atoms with Crippen LogP contribution in [0, 0.1) is 6.92 Å². The van der Waals surface area contributed by atoms with E-state index in [2.05, 4.69) is 10.1 Å². The molecule has 11 heteroatoms. The van der Waals surface area contributed by atoms with E-state index >= 15 is 0 Å². The maximum atomic E-state index is 13.9. The minimum absolute atomic E-state index is 0.0198. The Hall–Kier alpha value is -4.93. The van der Waals surface area contributed by atoms with Crippen molar-refractivity contribution in [3.63, 3.8) is 0 Å². The summed E-state index contributed by atoms with van der Waals surface area (Å²) >= 11 is 0. The summed E-state index contributed by atoms with van der Waals surface area (Å²) < 4.78 is 46.0. The molecule has 0 saturated carbocycles. The second-order valence-corrected chi connectivity index (χ2v) is 10.5. The summed E-state index contributed by atoms with van der Waals surface area (Å²) in [5.41, 5.74) is 3.29. The van der Waals surface area contributed by atoms with Gasteiger partial charge in [0.1, 0.15) is 17.8 Å². The second kappa shape index (κ2) is 10.8. The summed E-state index contributed by atoms with van der Waals surface area (Å²) in [7, 11) is 0. The predicted octanol–water partition coefficient (Wildman–Crippen LogP) is 6.52. The van der Waals surface area contributed by atoms with Crippen LogP contribution < -0.4 is 0 Å². The molecular weight excluding hydrogens is 549 g/mol. The Bertz CT molecular complexity index is 1770. The third-order valence-corrected chi connectivity index (χ3v) is 7.20. The van der Waals surface area contributed by atoms with Crippen LogP contribution in [0.2, 0.25) is 0 Å². The van der Waals surface area contributed by atoms with Crippen LogP contribution in [0.15, 0.2) is 83.5 Å². The van der Waals surface area contributed by atoms with E-state index < -0.39 is 29.2 Å². The van der Waals surface area contributed by atoms with Crippen LogP contribution in [0.4, 0.5) is 13.2 Å². The molecule has 5 rings (SSSR count). The first-order chi connectivity index (χ1) is 19.8. The van der Waals surface area contributed by atoms with Gasteiger partial charge < -0.3 is 14.4 Å². The fourth-order valence-corrected chi connectivity index (χ4v) is 4.63. The summed E-state index contributed by atoms with van der Waals surface area (Å²) in [6.45, 7) is 4.88. The molecular formula is C31H27F3N4O4. The molecule has 5 aromatic rings. The van der Waals surface area contributed by atoms with Gasteiger partial charge in [0.25, 0.3) is 5.91 Å². The quantitative estimate of drug-likeness (QED) is 0.226. The zero-order valence-corrected chi connectivity index (χ0v) is 23.0. The highest BCUT2D eigenvalue weighted by atomic mass is 19.4. The summed E-state index contributed by atoms with van der Waals surface area (Å²) in [5.74, 6) is -2.55. The monoisotopic (exact) mass is 576 g/mol. The van der Waals surface area contributed by atoms with Crippen molar-refractivity contribution in [2.75, 3.05) is 0 Å². The fourth-order valence-electron chi connectivity index (χ4n) is 4.63. The van der Waals surface area contributed by atoms with Crippen LogP contribution in [0.5, 0.6) is 0 Å². The van der Waals surface area contributed by atoms with Crippen LogP contribution in [0.1, 0.15) is 52.5 Å². The third-order valence-electron chi connectivity index (χ3n) is 7.20. The Labute approximate surface area is 239 Å². The SMILES string of the molecule is Cc1ccc2ncnn2c1C(=O)N(Cc1ccc(-c2cccc(C(C)(C)C(=O)O)c2)cc1)Cc1ccc(C(F)(F)F)o1. The molecule has 8 nitrogen and oxygen atoms in total. The number of aromatic nitrogens is 3. The maximum Gasteiger partial charge on any atom is 0.449 e. The van der Waals surface area contributed by atoms with Crippen LogP contribution in [-0.4, -0.2) is 36.5 Å². The van der Waals surface area contributed by atoms with E-state index in [-0.39, 0.29) is 24.5 Å². The summed E-state index contributed by atoms with van der Waals surface area (Å²) in [6.07, 6.45) is -3.33. The molecule has 0 bridgehead atoms. The number of alkyl halides is 3. The van der Waals surface area contributed by atoms with Gasteiger partial charge in [0, 0.05) is 6.54 Å². The number of pyridine rings is 1. The first-order valence-electron chi connectivity index (χ1n) is 13.0. The molecule has 3 aromatic heterocycles. The topological polar surface area (TPSA) is 101 Å². The number of aliphatic carboxylic acids is 1. The van der Waals surface area contributed by atoms with Gasteiger partial charge in [-0.25, -0.2) is 9.50 Å². The number of carboxylic acids is 1. The molecule has 1 amide bonds. The number of hydrogen-bond donors (Lipinski definition) is 1. The number of halogens is 3. The lowest BCUT2D eigenvalue weighted by atomic mass is 9.83. The second-order valence-electron chi connectivity index (χ2n) is 10.5. The van der Waals surface area contributed by atoms with E-state index in [1.807, 2.05) is 36.4 Å². The van der Waals surface area contributed by atoms with Crippen molar-refractivity contribution in [2.24, 2.45) is 0 Å². The highest BCUT2D eigenvalue weighted by molar-refractivity contribution is 5.94. The van der Waals surface area contributed by atoms with Crippen LogP contribution in [0.3, 0.4) is 0 Å². The van der Waals surface area contributed by atoms with E-state index in [4.69, 9.17) is 4.42 Å². The van der Waals surface area contributed by atoms with Crippen molar-refractivity contribution in [2.45, 2.75) is 45.5 Å². The molecule has 0 radical (unpaired) electrons. The normalized spacial score (nSPS) is 12.0. The lowest BCUT2D eigenvalue weighted by Gasteiger charge is -2.23. The fraction of sp³-hybridized carbons (Fsp3) is 0.226. The molecule has 0 spiro atoms. The first-order valence-corrected chi connectivity index (χ1v) is 13.0. The number of rotatable bonds is 8. The van der Waals surface area contributed by atoms with Crippen LogP contribution in [0.25, 0.3) is 16.8 Å². The van der Waals surface area contributed by atoms with Gasteiger partial charge in [-0.05, 0) is 66.8 Å². The van der Waals surface area contributed by atoms with Crippen LogP contribution in [-0.2, 0) is 29.5 Å². The Morgan fingerprint density at radius 1 is 0.952 bits per heavy atom. The maximum absolute atomic E-state index is 13.9. The molecule has 2 aromatic carbocycles. The largest absolute Gasteiger partial charge is 0.481 e. The van der Waals surface area contributed by atoms with Crippen molar-refractivity contribution in [1.82, 2.24) is 19.5 Å². The average molecular weight is 577 g/mol. The third kappa shape index (κ3) is 5.63. The Balaban J connectivity index is 1.46. The minimum atomic E-state index is -4.65. The zero-order valence-electron chi connectivity index (χ0n) is 23.0. The molecule has 0 aliphatic heterocycles. The molecule has 3 heterocycles. The van der Waals surface area contributed by atoms with Crippen molar-refractivity contribution in [3.05, 3.63) is 113 Å². The van der Waals surface area contributed by atoms with E-state index in [1.54, 1.807) is 45.0 Å². The highest BCUT2D eigenvalue weighted by Crippen LogP contribution is 2.32. The minimum Gasteiger partial charge on any atom is -0.481 e. The molecule has 0 atom stereocenters. The molecule has 0 saturated heterocycles. The van der Waals surface area contributed by atoms with E-state index in [0.717, 1.165) is 22.8 Å². The standard InChI is InChI=1S/C31H27F3N4O4/c1-19-7-14-26-35-18-36-38(26)27(19)28(39)37(17-24-12-13-25(42-24)31(32,33)34)16-20-8-10-21(11-9-20)22-5-4-6-23(15-22)30(2,3)29(40)41/h4-15,18H,16-17H2,1-3H3,(H,40,41). The lowest BCUT2D eigenvalue weighted by Crippen LogP contribution is -2.32. The van der Waals surface area contributed by atoms with Crippen molar-refractivity contribution < 1.29 is 32.3 Å². The van der Waals surface area contributed by atoms with Gasteiger partial charge in [-0.15, -0.1) is 0 Å². The van der Waals surface area contributed by atoms with Gasteiger partial charge in [0.05, 0.1) is 12.0 Å². The van der Waals surface area contributed by atoms with Crippen LogP contribution >= 0.6 is 0 Å². The molecule has 42 heavy (non-hydrogen) atoms. The molecule has 1 N–H and O–H groups in total. The summed E-state index contributed by atoms with van der Waals surface area (Å²) in [6, 6.07) is 20.1. The van der Waals surface area contributed by atoms with Gasteiger partial charge in [-0.2, -0.15) is 18.3 Å². The average Bonchev–Trinajstić information content (AvgIpc) is 3.63. The molecule has 0 aliphatic carbocycles. The number of carbonyl (C=O) groups excluding carboxylic acids is 1. The summed E-state index contributed by atoms with van der Waals surface area (Å²) in [5, 5.41) is 13.8. The number of hydrogen-bond acceptors (Lipinski definition) is 5. The van der Waals surface area contributed by atoms with Crippen molar-refractivity contribution in [1.29, 1.82) is 0 Å². The first kappa shape index (κ1) is 28.6. The van der Waals surface area contributed by atoms with Gasteiger partial charge in [0.15, 0.2) is 5.65 Å². The Morgan fingerprint density at radius 2 is 1.69 bits per heavy atom. The van der Waals surface area contributed by atoms with Gasteiger partial charge in [-0.1, -0.05) is 54.6 Å². The van der Waals surface area contributed by atoms with Gasteiger partial charge in [-0.3, -0.25) is 9.59 Å². The number of carboxylic acid groups (broad SMARTS) is 1. The molecule has 0 aliphatic rings. The number of benzene rings is 2. The number of nitrogens with zero attached hydrogens (tertiary/aromatic N) is 4. The number of fused-ring (bicyclic) bond motifs is 1. The number of carbonyl (C=O) groups is 2. The number of furan rings is 1. The molecule has 0 unspecified atom stereocenters. The van der Waals surface area contributed by atoms with E-state index in [1.165, 1.54) is 21.8 Å². The predicted molar refractivity (Wildman–Crippen MR) is 148 cm³/mol. The van der Waals surface area contributed by atoms with Gasteiger partial charge in [0.2, 0.25) is 5.76 Å². The summed E-state index contributed by atoms with van der Waals surface area (Å²) in [4.78, 5) is 31.2.